The van der Waals surface area contributed by atoms with E-state index in [1.807, 2.05) is 30.3 Å². The Labute approximate surface area is 166 Å². The van der Waals surface area contributed by atoms with Crippen molar-refractivity contribution in [2.24, 2.45) is 5.73 Å². The van der Waals surface area contributed by atoms with Gasteiger partial charge in [-0.25, -0.2) is 8.42 Å². The van der Waals surface area contributed by atoms with Crippen molar-refractivity contribution >= 4 is 21.6 Å². The Morgan fingerprint density at radius 1 is 1.00 bits per heavy atom. The molecule has 2 heterocycles. The van der Waals surface area contributed by atoms with Gasteiger partial charge < -0.3 is 10.6 Å². The Kier molecular flexibility index (Phi) is 5.12. The Morgan fingerprint density at radius 2 is 1.79 bits per heavy atom. The lowest BCUT2D eigenvalue weighted by atomic mass is 10.1. The van der Waals surface area contributed by atoms with Gasteiger partial charge in [0.1, 0.15) is 0 Å². The average molecular weight is 400 g/mol. The molecule has 0 aromatic heterocycles. The van der Waals surface area contributed by atoms with Gasteiger partial charge in [0.15, 0.2) is 0 Å². The van der Waals surface area contributed by atoms with Crippen molar-refractivity contribution < 1.29 is 13.2 Å². The molecule has 148 valence electrons. The number of nitrogens with two attached hydrogens (primary N) is 1. The number of anilines is 1. The highest BCUT2D eigenvalue weighted by Crippen LogP contribution is 2.32. The number of rotatable bonds is 5. The Balaban J connectivity index is 1.55. The van der Waals surface area contributed by atoms with Crippen LogP contribution in [0.3, 0.4) is 0 Å². The molecule has 2 aromatic rings. The lowest BCUT2D eigenvalue weighted by Gasteiger charge is -2.26. The van der Waals surface area contributed by atoms with Gasteiger partial charge in [0, 0.05) is 37.4 Å². The van der Waals surface area contributed by atoms with Crippen molar-refractivity contribution in [2.75, 3.05) is 24.5 Å². The lowest BCUT2D eigenvalue weighted by Crippen LogP contribution is -2.35. The van der Waals surface area contributed by atoms with Gasteiger partial charge in [0.25, 0.3) is 0 Å². The first-order valence-electron chi connectivity index (χ1n) is 9.72. The summed E-state index contributed by atoms with van der Waals surface area (Å²) < 4.78 is 27.5. The minimum Gasteiger partial charge on any atom is -0.367 e. The van der Waals surface area contributed by atoms with Gasteiger partial charge >= 0.3 is 0 Å². The van der Waals surface area contributed by atoms with Crippen LogP contribution in [0.2, 0.25) is 0 Å². The number of fused-ring (bicyclic) bond motifs is 1. The fourth-order valence-corrected chi connectivity index (χ4v) is 5.64. The van der Waals surface area contributed by atoms with E-state index in [1.54, 1.807) is 16.4 Å². The van der Waals surface area contributed by atoms with Gasteiger partial charge in [-0.3, -0.25) is 4.79 Å². The van der Waals surface area contributed by atoms with E-state index in [9.17, 15) is 13.2 Å². The van der Waals surface area contributed by atoms with E-state index in [4.69, 9.17) is 5.73 Å². The Hall–Kier alpha value is -2.38. The maximum absolute atomic E-state index is 12.9. The van der Waals surface area contributed by atoms with Crippen molar-refractivity contribution in [2.45, 2.75) is 37.1 Å². The van der Waals surface area contributed by atoms with Crippen LogP contribution in [0.5, 0.6) is 0 Å². The van der Waals surface area contributed by atoms with Crippen molar-refractivity contribution in [3.8, 4) is 0 Å². The van der Waals surface area contributed by atoms with Gasteiger partial charge in [-0.05, 0) is 60.7 Å². The second-order valence-electron chi connectivity index (χ2n) is 7.49. The number of piperidine rings is 1. The SMILES string of the molecule is NC(=O)c1cccc(CN2CCc3cc(S(=O)(=O)N4CCCCC4)ccc32)c1. The summed E-state index contributed by atoms with van der Waals surface area (Å²) in [5, 5.41) is 0. The number of amides is 1. The highest BCUT2D eigenvalue weighted by Gasteiger charge is 2.28. The van der Waals surface area contributed by atoms with Crippen LogP contribution >= 0.6 is 0 Å². The normalized spacial score (nSPS) is 17.5. The standard InChI is InChI=1S/C21H25N3O3S/c22-21(25)18-6-4-5-16(13-18)15-23-12-9-17-14-19(7-8-20(17)23)28(26,27)24-10-2-1-3-11-24/h4-8,13-14H,1-3,9-12,15H2,(H2,22,25). The van der Waals surface area contributed by atoms with Crippen LogP contribution in [0.1, 0.15) is 40.7 Å². The zero-order valence-corrected chi connectivity index (χ0v) is 16.6. The summed E-state index contributed by atoms with van der Waals surface area (Å²) in [6, 6.07) is 12.8. The molecular formula is C21H25N3O3S. The van der Waals surface area contributed by atoms with Gasteiger partial charge in [0.05, 0.1) is 4.90 Å². The molecule has 1 saturated heterocycles. The molecule has 2 aliphatic heterocycles. The topological polar surface area (TPSA) is 83.7 Å². The molecule has 7 heteroatoms. The fraction of sp³-hybridized carbons (Fsp3) is 0.381. The molecular weight excluding hydrogens is 374 g/mol. The second kappa shape index (κ2) is 7.56. The molecule has 2 aliphatic rings. The molecule has 0 radical (unpaired) electrons. The van der Waals surface area contributed by atoms with Crippen molar-refractivity contribution in [3.05, 3.63) is 59.2 Å². The van der Waals surface area contributed by atoms with E-state index in [0.717, 1.165) is 49.0 Å². The van der Waals surface area contributed by atoms with E-state index in [1.165, 1.54) is 0 Å². The minimum absolute atomic E-state index is 0.394. The average Bonchev–Trinajstić information content (AvgIpc) is 3.11. The van der Waals surface area contributed by atoms with E-state index >= 15 is 0 Å². The molecule has 0 atom stereocenters. The first-order valence-corrected chi connectivity index (χ1v) is 11.2. The third-order valence-corrected chi connectivity index (χ3v) is 7.48. The summed E-state index contributed by atoms with van der Waals surface area (Å²) >= 11 is 0. The molecule has 2 N–H and O–H groups in total. The van der Waals surface area contributed by atoms with Crippen LogP contribution in [0.15, 0.2) is 47.4 Å². The van der Waals surface area contributed by atoms with Crippen LogP contribution in [0.4, 0.5) is 5.69 Å². The van der Waals surface area contributed by atoms with Crippen LogP contribution < -0.4 is 10.6 Å². The monoisotopic (exact) mass is 399 g/mol. The smallest absolute Gasteiger partial charge is 0.248 e. The molecule has 6 nitrogen and oxygen atoms in total. The largest absolute Gasteiger partial charge is 0.367 e. The molecule has 0 aliphatic carbocycles. The number of hydrogen-bond acceptors (Lipinski definition) is 4. The van der Waals surface area contributed by atoms with Crippen LogP contribution in [-0.4, -0.2) is 38.3 Å². The molecule has 1 amide bonds. The number of hydrogen-bond donors (Lipinski definition) is 1. The second-order valence-corrected chi connectivity index (χ2v) is 9.43. The van der Waals surface area contributed by atoms with Crippen molar-refractivity contribution in [3.63, 3.8) is 0 Å². The predicted octanol–water partition coefficient (Wildman–Crippen LogP) is 2.52. The number of benzene rings is 2. The van der Waals surface area contributed by atoms with Crippen LogP contribution in [0.25, 0.3) is 0 Å². The maximum Gasteiger partial charge on any atom is 0.248 e. The highest BCUT2D eigenvalue weighted by molar-refractivity contribution is 7.89. The number of sulfonamides is 1. The third kappa shape index (κ3) is 3.64. The number of primary amides is 1. The summed E-state index contributed by atoms with van der Waals surface area (Å²) in [6.45, 7) is 2.71. The third-order valence-electron chi connectivity index (χ3n) is 5.58. The maximum atomic E-state index is 12.9. The molecule has 28 heavy (non-hydrogen) atoms. The van der Waals surface area contributed by atoms with Crippen LogP contribution in [0, 0.1) is 0 Å². The van der Waals surface area contributed by atoms with Crippen LogP contribution in [-0.2, 0) is 23.0 Å². The molecule has 1 fully saturated rings. The zero-order chi connectivity index (χ0) is 19.7. The van der Waals surface area contributed by atoms with Crippen molar-refractivity contribution in [1.82, 2.24) is 4.31 Å². The quantitative estimate of drug-likeness (QED) is 0.837. The van der Waals surface area contributed by atoms with Gasteiger partial charge in [-0.2, -0.15) is 4.31 Å². The van der Waals surface area contributed by atoms with E-state index in [0.29, 0.717) is 30.1 Å². The molecule has 0 saturated carbocycles. The number of carbonyl (C=O) groups is 1. The molecule has 4 rings (SSSR count). The fourth-order valence-electron chi connectivity index (χ4n) is 4.07. The summed E-state index contributed by atoms with van der Waals surface area (Å²) in [4.78, 5) is 14.0. The summed E-state index contributed by atoms with van der Waals surface area (Å²) in [7, 11) is -3.41. The zero-order valence-electron chi connectivity index (χ0n) is 15.8. The first-order chi connectivity index (χ1) is 13.4. The summed E-state index contributed by atoms with van der Waals surface area (Å²) in [5.74, 6) is -0.434. The predicted molar refractivity (Wildman–Crippen MR) is 109 cm³/mol. The number of nitrogens with zero attached hydrogens (tertiary/aromatic N) is 2. The minimum atomic E-state index is -3.41. The lowest BCUT2D eigenvalue weighted by molar-refractivity contribution is 0.1000. The van der Waals surface area contributed by atoms with E-state index in [2.05, 4.69) is 4.90 Å². The van der Waals surface area contributed by atoms with E-state index < -0.39 is 15.9 Å². The summed E-state index contributed by atoms with van der Waals surface area (Å²) in [5.41, 5.74) is 9.00. The first kappa shape index (κ1) is 19.0. The van der Waals surface area contributed by atoms with Gasteiger partial charge in [0.2, 0.25) is 15.9 Å². The molecule has 0 unspecified atom stereocenters. The molecule has 0 spiro atoms. The Bertz CT molecular complexity index is 998. The number of carbonyl (C=O) groups excluding carboxylic acids is 1. The highest BCUT2D eigenvalue weighted by atomic mass is 32.2. The Morgan fingerprint density at radius 3 is 2.54 bits per heavy atom. The van der Waals surface area contributed by atoms with Crippen molar-refractivity contribution in [1.29, 1.82) is 0 Å². The van der Waals surface area contributed by atoms with Gasteiger partial charge in [-0.1, -0.05) is 18.6 Å². The molecule has 2 aromatic carbocycles. The summed E-state index contributed by atoms with van der Waals surface area (Å²) in [6.07, 6.45) is 3.78. The molecule has 0 bridgehead atoms. The van der Waals surface area contributed by atoms with E-state index in [-0.39, 0.29) is 0 Å². The van der Waals surface area contributed by atoms with Gasteiger partial charge in [-0.15, -0.1) is 0 Å².